The number of rotatable bonds is 7. The summed E-state index contributed by atoms with van der Waals surface area (Å²) in [5, 5.41) is 12.6. The van der Waals surface area contributed by atoms with Crippen LogP contribution in [0.25, 0.3) is 0 Å². The third kappa shape index (κ3) is 3.53. The minimum absolute atomic E-state index is 0.0273. The number of ketones is 1. The molecular formula is C16H20N4O3S. The van der Waals surface area contributed by atoms with E-state index in [0.29, 0.717) is 28.3 Å². The summed E-state index contributed by atoms with van der Waals surface area (Å²) in [6, 6.07) is 5.54. The van der Waals surface area contributed by atoms with E-state index in [-0.39, 0.29) is 11.5 Å². The molecule has 0 aliphatic heterocycles. The van der Waals surface area contributed by atoms with Crippen LogP contribution in [0.5, 0.6) is 11.5 Å². The number of thioether (sulfide) groups is 1. The van der Waals surface area contributed by atoms with Crippen LogP contribution in [0.2, 0.25) is 0 Å². The smallest absolute Gasteiger partial charge is 0.210 e. The van der Waals surface area contributed by atoms with Crippen molar-refractivity contribution in [2.45, 2.75) is 36.9 Å². The van der Waals surface area contributed by atoms with E-state index < -0.39 is 0 Å². The fourth-order valence-corrected chi connectivity index (χ4v) is 3.72. The standard InChI is InChI=1S/C16H20N4O3S/c1-22-12-7-8-13(15(9-12)23-2)14(21)10-24-16-17-18-19-20(16)11-5-3-4-6-11/h7-9,11H,3-6,10H2,1-2H3. The second-order valence-corrected chi connectivity index (χ2v) is 6.56. The van der Waals surface area contributed by atoms with E-state index in [4.69, 9.17) is 9.47 Å². The van der Waals surface area contributed by atoms with Gasteiger partial charge in [-0.3, -0.25) is 4.79 Å². The quantitative estimate of drug-likeness (QED) is 0.562. The molecule has 0 saturated heterocycles. The Kier molecular flexibility index (Phi) is 5.34. The van der Waals surface area contributed by atoms with Gasteiger partial charge in [0.2, 0.25) is 5.16 Å². The Hall–Kier alpha value is -2.09. The molecule has 0 spiro atoms. The lowest BCUT2D eigenvalue weighted by atomic mass is 10.1. The highest BCUT2D eigenvalue weighted by atomic mass is 32.2. The summed E-state index contributed by atoms with van der Waals surface area (Å²) in [4.78, 5) is 12.5. The SMILES string of the molecule is COc1ccc(C(=O)CSc2nnnn2C2CCCC2)c(OC)c1. The highest BCUT2D eigenvalue weighted by Gasteiger charge is 2.22. The molecule has 8 heteroatoms. The topological polar surface area (TPSA) is 79.1 Å². The Morgan fingerprint density at radius 3 is 2.79 bits per heavy atom. The average molecular weight is 348 g/mol. The zero-order valence-electron chi connectivity index (χ0n) is 13.8. The minimum Gasteiger partial charge on any atom is -0.497 e. The van der Waals surface area contributed by atoms with Crippen LogP contribution >= 0.6 is 11.8 Å². The summed E-state index contributed by atoms with van der Waals surface area (Å²) in [6.45, 7) is 0. The van der Waals surface area contributed by atoms with Crippen molar-refractivity contribution in [2.24, 2.45) is 0 Å². The first kappa shape index (κ1) is 16.8. The van der Waals surface area contributed by atoms with Gasteiger partial charge >= 0.3 is 0 Å². The van der Waals surface area contributed by atoms with Gasteiger partial charge in [-0.25, -0.2) is 4.68 Å². The van der Waals surface area contributed by atoms with Crippen molar-refractivity contribution < 1.29 is 14.3 Å². The molecule has 1 saturated carbocycles. The predicted octanol–water partition coefficient (Wildman–Crippen LogP) is 2.78. The lowest BCUT2D eigenvalue weighted by Gasteiger charge is -2.11. The van der Waals surface area contributed by atoms with Gasteiger partial charge in [0, 0.05) is 6.07 Å². The summed E-state index contributed by atoms with van der Waals surface area (Å²) in [7, 11) is 3.12. The second kappa shape index (κ2) is 7.65. The molecule has 1 aliphatic rings. The van der Waals surface area contributed by atoms with Crippen LogP contribution in [-0.2, 0) is 0 Å². The zero-order chi connectivity index (χ0) is 16.9. The van der Waals surface area contributed by atoms with E-state index in [1.54, 1.807) is 32.4 Å². The van der Waals surface area contributed by atoms with E-state index in [1.165, 1.54) is 24.6 Å². The van der Waals surface area contributed by atoms with Crippen molar-refractivity contribution in [3.05, 3.63) is 23.8 Å². The molecule has 0 radical (unpaired) electrons. The van der Waals surface area contributed by atoms with Gasteiger partial charge < -0.3 is 9.47 Å². The molecule has 0 amide bonds. The normalized spacial score (nSPS) is 14.8. The van der Waals surface area contributed by atoms with E-state index in [2.05, 4.69) is 15.5 Å². The number of methoxy groups -OCH3 is 2. The molecule has 128 valence electrons. The van der Waals surface area contributed by atoms with Crippen LogP contribution in [0.1, 0.15) is 42.1 Å². The van der Waals surface area contributed by atoms with Gasteiger partial charge in [0.05, 0.1) is 31.6 Å². The summed E-state index contributed by atoms with van der Waals surface area (Å²) in [6.07, 6.45) is 4.60. The summed E-state index contributed by atoms with van der Waals surface area (Å²) in [5.41, 5.74) is 0.533. The number of carbonyl (C=O) groups excluding carboxylic acids is 1. The Morgan fingerprint density at radius 2 is 2.08 bits per heavy atom. The van der Waals surface area contributed by atoms with Crippen molar-refractivity contribution in [1.82, 2.24) is 20.2 Å². The highest BCUT2D eigenvalue weighted by Crippen LogP contribution is 2.32. The second-order valence-electron chi connectivity index (χ2n) is 5.62. The van der Waals surface area contributed by atoms with Crippen LogP contribution in [0.15, 0.2) is 23.4 Å². The molecule has 1 aliphatic carbocycles. The number of hydrogen-bond acceptors (Lipinski definition) is 7. The third-order valence-electron chi connectivity index (χ3n) is 4.17. The number of benzene rings is 1. The number of hydrogen-bond donors (Lipinski definition) is 0. The Bertz CT molecular complexity index is 713. The van der Waals surface area contributed by atoms with Gasteiger partial charge in [-0.15, -0.1) is 5.10 Å². The van der Waals surface area contributed by atoms with Crippen molar-refractivity contribution in [1.29, 1.82) is 0 Å². The van der Waals surface area contributed by atoms with E-state index in [0.717, 1.165) is 12.8 Å². The van der Waals surface area contributed by atoms with Gasteiger partial charge in [0.1, 0.15) is 11.5 Å². The maximum Gasteiger partial charge on any atom is 0.210 e. The number of carbonyl (C=O) groups is 1. The maximum absolute atomic E-state index is 12.5. The molecule has 0 N–H and O–H groups in total. The number of tetrazole rings is 1. The van der Waals surface area contributed by atoms with Crippen LogP contribution in [0, 0.1) is 0 Å². The maximum atomic E-state index is 12.5. The first-order valence-corrected chi connectivity index (χ1v) is 8.87. The predicted molar refractivity (Wildman–Crippen MR) is 89.9 cm³/mol. The molecular weight excluding hydrogens is 328 g/mol. The summed E-state index contributed by atoms with van der Waals surface area (Å²) < 4.78 is 12.3. The molecule has 0 bridgehead atoms. The van der Waals surface area contributed by atoms with Gasteiger partial charge in [0.25, 0.3) is 0 Å². The monoisotopic (exact) mass is 348 g/mol. The number of aromatic nitrogens is 4. The molecule has 1 fully saturated rings. The lowest BCUT2D eigenvalue weighted by Crippen LogP contribution is -2.10. The first-order valence-electron chi connectivity index (χ1n) is 7.89. The van der Waals surface area contributed by atoms with Crippen LogP contribution in [0.4, 0.5) is 0 Å². The molecule has 24 heavy (non-hydrogen) atoms. The molecule has 0 unspecified atom stereocenters. The van der Waals surface area contributed by atoms with Crippen molar-refractivity contribution in [3.63, 3.8) is 0 Å². The number of nitrogens with zero attached hydrogens (tertiary/aromatic N) is 4. The fourth-order valence-electron chi connectivity index (χ4n) is 2.90. The minimum atomic E-state index is -0.0273. The van der Waals surface area contributed by atoms with Crippen molar-refractivity contribution in [2.75, 3.05) is 20.0 Å². The average Bonchev–Trinajstić information content (AvgIpc) is 3.29. The molecule has 1 aromatic carbocycles. The number of ether oxygens (including phenoxy) is 2. The Labute approximate surface area is 144 Å². The van der Waals surface area contributed by atoms with Gasteiger partial charge in [-0.1, -0.05) is 24.6 Å². The highest BCUT2D eigenvalue weighted by molar-refractivity contribution is 7.99. The molecule has 2 aromatic rings. The molecule has 1 aromatic heterocycles. The van der Waals surface area contributed by atoms with E-state index >= 15 is 0 Å². The summed E-state index contributed by atoms with van der Waals surface area (Å²) in [5.74, 6) is 1.40. The first-order chi connectivity index (χ1) is 11.7. The Morgan fingerprint density at radius 1 is 1.29 bits per heavy atom. The lowest BCUT2D eigenvalue weighted by molar-refractivity contribution is 0.101. The third-order valence-corrected chi connectivity index (χ3v) is 5.11. The molecule has 7 nitrogen and oxygen atoms in total. The fraction of sp³-hybridized carbons (Fsp3) is 0.500. The van der Waals surface area contributed by atoms with E-state index in [9.17, 15) is 4.79 Å². The Balaban J connectivity index is 1.69. The van der Waals surface area contributed by atoms with Crippen molar-refractivity contribution in [3.8, 4) is 11.5 Å². The molecule has 3 rings (SSSR count). The van der Waals surface area contributed by atoms with Crippen molar-refractivity contribution >= 4 is 17.5 Å². The van der Waals surface area contributed by atoms with Gasteiger partial charge in [-0.2, -0.15) is 0 Å². The number of Topliss-reactive ketones (excluding diaryl/α,β-unsaturated/α-hetero) is 1. The molecule has 0 atom stereocenters. The van der Waals surface area contributed by atoms with Crippen LogP contribution < -0.4 is 9.47 Å². The van der Waals surface area contributed by atoms with Crippen LogP contribution in [-0.4, -0.2) is 46.0 Å². The van der Waals surface area contributed by atoms with Crippen LogP contribution in [0.3, 0.4) is 0 Å². The van der Waals surface area contributed by atoms with E-state index in [1.807, 2.05) is 4.68 Å². The van der Waals surface area contributed by atoms with Gasteiger partial charge in [-0.05, 0) is 35.4 Å². The van der Waals surface area contributed by atoms with Gasteiger partial charge in [0.15, 0.2) is 5.78 Å². The molecule has 1 heterocycles. The zero-order valence-corrected chi connectivity index (χ0v) is 14.6. The largest absolute Gasteiger partial charge is 0.497 e. The summed E-state index contributed by atoms with van der Waals surface area (Å²) >= 11 is 1.36.